The van der Waals surface area contributed by atoms with Gasteiger partial charge in [-0.25, -0.2) is 8.42 Å². The topological polar surface area (TPSA) is 80.7 Å². The van der Waals surface area contributed by atoms with Crippen LogP contribution in [0.1, 0.15) is 20.3 Å². The molecule has 0 fully saturated rings. The highest BCUT2D eigenvalue weighted by atomic mass is 32.2. The summed E-state index contributed by atoms with van der Waals surface area (Å²) in [6.07, 6.45) is -4.64. The predicted octanol–water partition coefficient (Wildman–Crippen LogP) is 1.23. The Morgan fingerprint density at radius 2 is 1.78 bits per heavy atom. The van der Waals surface area contributed by atoms with Crippen LogP contribution in [0.3, 0.4) is 0 Å². The first kappa shape index (κ1) is 17.2. The zero-order valence-electron chi connectivity index (χ0n) is 9.95. The SMILES string of the molecule is CC(C)(C(=O)O)S(=O)(=O)CCCOCC(F)(F)F. The summed E-state index contributed by atoms with van der Waals surface area (Å²) < 4.78 is 60.5. The number of sulfone groups is 1. The van der Waals surface area contributed by atoms with Crippen LogP contribution in [0.5, 0.6) is 0 Å². The maximum absolute atomic E-state index is 11.7. The average Bonchev–Trinajstić information content (AvgIpc) is 2.14. The van der Waals surface area contributed by atoms with Crippen LogP contribution in [-0.2, 0) is 19.4 Å². The first-order valence-electron chi connectivity index (χ1n) is 5.00. The summed E-state index contributed by atoms with van der Waals surface area (Å²) in [6.45, 7) is 0.215. The molecule has 0 aromatic heterocycles. The number of hydrogen-bond donors (Lipinski definition) is 1. The van der Waals surface area contributed by atoms with Crippen LogP contribution in [0, 0.1) is 0 Å². The van der Waals surface area contributed by atoms with E-state index in [0.717, 1.165) is 13.8 Å². The summed E-state index contributed by atoms with van der Waals surface area (Å²) in [5.41, 5.74) is 0. The van der Waals surface area contributed by atoms with Gasteiger partial charge in [0.15, 0.2) is 14.6 Å². The highest BCUT2D eigenvalue weighted by molar-refractivity contribution is 7.93. The first-order chi connectivity index (χ1) is 7.90. The molecule has 1 N–H and O–H groups in total. The Morgan fingerprint density at radius 3 is 2.17 bits per heavy atom. The van der Waals surface area contributed by atoms with Crippen LogP contribution in [0.2, 0.25) is 0 Å². The van der Waals surface area contributed by atoms with Crippen LogP contribution < -0.4 is 0 Å². The van der Waals surface area contributed by atoms with E-state index < -0.39 is 45.7 Å². The molecule has 0 amide bonds. The first-order valence-corrected chi connectivity index (χ1v) is 6.65. The molecule has 0 unspecified atom stereocenters. The lowest BCUT2D eigenvalue weighted by Gasteiger charge is -2.19. The van der Waals surface area contributed by atoms with Gasteiger partial charge in [-0.15, -0.1) is 0 Å². The zero-order chi connectivity index (χ0) is 14.6. The summed E-state index contributed by atoms with van der Waals surface area (Å²) in [4.78, 5) is 10.7. The van der Waals surface area contributed by atoms with Gasteiger partial charge in [0, 0.05) is 6.61 Å². The summed E-state index contributed by atoms with van der Waals surface area (Å²) >= 11 is 0. The number of carboxylic acids is 1. The number of alkyl halides is 3. The molecule has 0 aliphatic rings. The van der Waals surface area contributed by atoms with Crippen molar-refractivity contribution in [3.05, 3.63) is 0 Å². The summed E-state index contributed by atoms with van der Waals surface area (Å²) in [7, 11) is -3.94. The van der Waals surface area contributed by atoms with E-state index in [0.29, 0.717) is 0 Å². The molecule has 0 saturated heterocycles. The molecule has 9 heteroatoms. The molecule has 0 aromatic rings. The lowest BCUT2D eigenvalue weighted by molar-refractivity contribution is -0.173. The fourth-order valence-corrected chi connectivity index (χ4v) is 2.20. The van der Waals surface area contributed by atoms with Crippen LogP contribution in [-0.4, -0.2) is 49.4 Å². The zero-order valence-corrected chi connectivity index (χ0v) is 10.8. The standard InChI is InChI=1S/C9H15F3O5S/c1-8(2,7(13)14)18(15,16)5-3-4-17-6-9(10,11)12/h3-6H2,1-2H3,(H,13,14). The quantitative estimate of drug-likeness (QED) is 0.714. The molecule has 0 saturated carbocycles. The van der Waals surface area contributed by atoms with Gasteiger partial charge >= 0.3 is 12.1 Å². The van der Waals surface area contributed by atoms with Gasteiger partial charge in [0.25, 0.3) is 0 Å². The van der Waals surface area contributed by atoms with Gasteiger partial charge in [0.05, 0.1) is 5.75 Å². The molecule has 0 bridgehead atoms. The number of carbonyl (C=O) groups is 1. The van der Waals surface area contributed by atoms with Crippen molar-refractivity contribution in [2.45, 2.75) is 31.2 Å². The van der Waals surface area contributed by atoms with Gasteiger partial charge in [-0.05, 0) is 20.3 Å². The molecule has 0 aromatic carbocycles. The van der Waals surface area contributed by atoms with E-state index in [9.17, 15) is 26.4 Å². The van der Waals surface area contributed by atoms with Crippen molar-refractivity contribution in [1.82, 2.24) is 0 Å². The summed E-state index contributed by atoms with van der Waals surface area (Å²) in [6, 6.07) is 0. The third kappa shape index (κ3) is 5.21. The normalized spacial score (nSPS) is 13.6. The summed E-state index contributed by atoms with van der Waals surface area (Å²) in [5.74, 6) is -2.04. The molecule has 0 aliphatic heterocycles. The van der Waals surface area contributed by atoms with Crippen LogP contribution >= 0.6 is 0 Å². The van der Waals surface area contributed by atoms with E-state index in [2.05, 4.69) is 4.74 Å². The molecule has 108 valence electrons. The minimum Gasteiger partial charge on any atom is -0.480 e. The van der Waals surface area contributed by atoms with Crippen molar-refractivity contribution in [3.8, 4) is 0 Å². The third-order valence-corrected chi connectivity index (χ3v) is 4.82. The monoisotopic (exact) mass is 292 g/mol. The number of aliphatic carboxylic acids is 1. The lowest BCUT2D eigenvalue weighted by atomic mass is 10.2. The Morgan fingerprint density at radius 1 is 1.28 bits per heavy atom. The van der Waals surface area contributed by atoms with Crippen molar-refractivity contribution in [3.63, 3.8) is 0 Å². The summed E-state index contributed by atoms with van der Waals surface area (Å²) in [5, 5.41) is 8.73. The van der Waals surface area contributed by atoms with E-state index in [-0.39, 0.29) is 6.42 Å². The van der Waals surface area contributed by atoms with Gasteiger partial charge in [-0.1, -0.05) is 0 Å². The van der Waals surface area contributed by atoms with Crippen LogP contribution in [0.15, 0.2) is 0 Å². The molecule has 0 heterocycles. The minimum atomic E-state index is -4.46. The van der Waals surface area contributed by atoms with Gasteiger partial charge in [0.2, 0.25) is 0 Å². The molecule has 0 rings (SSSR count). The predicted molar refractivity (Wildman–Crippen MR) is 57.0 cm³/mol. The number of ether oxygens (including phenoxy) is 1. The van der Waals surface area contributed by atoms with E-state index in [1.54, 1.807) is 0 Å². The maximum atomic E-state index is 11.7. The Hall–Kier alpha value is -0.830. The molecule has 0 radical (unpaired) electrons. The van der Waals surface area contributed by atoms with E-state index in [4.69, 9.17) is 5.11 Å². The second kappa shape index (κ2) is 5.87. The highest BCUT2D eigenvalue weighted by Crippen LogP contribution is 2.19. The number of rotatable bonds is 7. The fraction of sp³-hybridized carbons (Fsp3) is 0.889. The Kier molecular flexibility index (Phi) is 5.60. The van der Waals surface area contributed by atoms with Crippen molar-refractivity contribution in [2.75, 3.05) is 19.0 Å². The fourth-order valence-electron chi connectivity index (χ4n) is 0.927. The molecule has 0 spiro atoms. The second-order valence-corrected chi connectivity index (χ2v) is 6.81. The smallest absolute Gasteiger partial charge is 0.411 e. The van der Waals surface area contributed by atoms with Crippen LogP contribution in [0.25, 0.3) is 0 Å². The van der Waals surface area contributed by atoms with Crippen molar-refractivity contribution < 1.29 is 36.2 Å². The van der Waals surface area contributed by atoms with Crippen molar-refractivity contribution in [2.24, 2.45) is 0 Å². The molecule has 5 nitrogen and oxygen atoms in total. The van der Waals surface area contributed by atoms with Gasteiger partial charge < -0.3 is 9.84 Å². The molecule has 18 heavy (non-hydrogen) atoms. The van der Waals surface area contributed by atoms with E-state index >= 15 is 0 Å². The Bertz CT molecular complexity index is 385. The lowest BCUT2D eigenvalue weighted by Crippen LogP contribution is -2.42. The second-order valence-electron chi connectivity index (χ2n) is 4.16. The number of carboxylic acid groups (broad SMARTS) is 1. The average molecular weight is 292 g/mol. The Balaban J connectivity index is 4.19. The Labute approximate surface area is 103 Å². The molecular weight excluding hydrogens is 277 g/mol. The highest BCUT2D eigenvalue weighted by Gasteiger charge is 2.41. The van der Waals surface area contributed by atoms with E-state index in [1.165, 1.54) is 0 Å². The minimum absolute atomic E-state index is 0.185. The van der Waals surface area contributed by atoms with Gasteiger partial charge in [-0.3, -0.25) is 4.79 Å². The van der Waals surface area contributed by atoms with Crippen molar-refractivity contribution >= 4 is 15.8 Å². The van der Waals surface area contributed by atoms with Crippen LogP contribution in [0.4, 0.5) is 13.2 Å². The van der Waals surface area contributed by atoms with E-state index in [1.807, 2.05) is 0 Å². The molecular formula is C9H15F3O5S. The largest absolute Gasteiger partial charge is 0.480 e. The van der Waals surface area contributed by atoms with Gasteiger partial charge in [0.1, 0.15) is 6.61 Å². The third-order valence-electron chi connectivity index (χ3n) is 2.26. The number of hydrogen-bond acceptors (Lipinski definition) is 4. The van der Waals surface area contributed by atoms with Crippen molar-refractivity contribution in [1.29, 1.82) is 0 Å². The number of halogens is 3. The van der Waals surface area contributed by atoms with Gasteiger partial charge in [-0.2, -0.15) is 13.2 Å². The maximum Gasteiger partial charge on any atom is 0.411 e. The molecule has 0 aliphatic carbocycles. The molecule has 0 atom stereocenters.